The van der Waals surface area contributed by atoms with Crippen LogP contribution in [0.4, 0.5) is 0 Å². The number of methoxy groups -OCH3 is 1. The molecule has 1 fully saturated rings. The summed E-state index contributed by atoms with van der Waals surface area (Å²) in [6, 6.07) is 7.18. The maximum absolute atomic E-state index is 12.4. The molecule has 0 unspecified atom stereocenters. The van der Waals surface area contributed by atoms with Crippen LogP contribution in [0.1, 0.15) is 64.4 Å². The zero-order chi connectivity index (χ0) is 23.4. The molecule has 1 aliphatic carbocycles. The van der Waals surface area contributed by atoms with Crippen LogP contribution in [0.5, 0.6) is 5.75 Å². The summed E-state index contributed by atoms with van der Waals surface area (Å²) in [5.41, 5.74) is -0.215. The molecule has 1 aromatic rings. The van der Waals surface area contributed by atoms with Gasteiger partial charge in [0.25, 0.3) is 0 Å². The van der Waals surface area contributed by atoms with E-state index in [0.717, 1.165) is 56.2 Å². The number of hydrogen-bond acceptors (Lipinski definition) is 7. The van der Waals surface area contributed by atoms with Gasteiger partial charge in [0.1, 0.15) is 25.1 Å². The van der Waals surface area contributed by atoms with Crippen molar-refractivity contribution in [3.63, 3.8) is 0 Å². The first-order chi connectivity index (χ1) is 15.3. The fourth-order valence-electron chi connectivity index (χ4n) is 3.30. The number of hydrogen-bond donors (Lipinski definition) is 0. The molecule has 32 heavy (non-hydrogen) atoms. The van der Waals surface area contributed by atoms with Gasteiger partial charge in [-0.05, 0) is 57.2 Å². The normalized spacial score (nSPS) is 15.5. The molecule has 0 saturated heterocycles. The van der Waals surface area contributed by atoms with E-state index in [-0.39, 0.29) is 19.3 Å². The summed E-state index contributed by atoms with van der Waals surface area (Å²) in [7, 11) is 1.58. The highest BCUT2D eigenvalue weighted by Gasteiger charge is 2.31. The summed E-state index contributed by atoms with van der Waals surface area (Å²) in [5, 5.41) is 0. The Labute approximate surface area is 190 Å². The van der Waals surface area contributed by atoms with Crippen molar-refractivity contribution in [3.05, 3.63) is 42.0 Å². The molecule has 176 valence electrons. The lowest BCUT2D eigenvalue weighted by Crippen LogP contribution is -2.32. The standard InChI is InChI=1S/C25H34O7/c1-25(2,24(28)30-17-19-11-13-20(29-3)14-12-19)18-31-22(26)15-16-23(27)32-21-9-7-5-4-6-8-10-21/h11-16,21H,4-10,17-18H2,1-3H3/b16-15+. The van der Waals surface area contributed by atoms with Gasteiger partial charge in [0.05, 0.1) is 12.5 Å². The maximum Gasteiger partial charge on any atom is 0.331 e. The summed E-state index contributed by atoms with van der Waals surface area (Å²) < 4.78 is 21.0. The molecular weight excluding hydrogens is 412 g/mol. The molecule has 0 aliphatic heterocycles. The third-order valence-electron chi connectivity index (χ3n) is 5.35. The monoisotopic (exact) mass is 446 g/mol. The molecule has 1 saturated carbocycles. The van der Waals surface area contributed by atoms with Gasteiger partial charge >= 0.3 is 17.9 Å². The Hall–Kier alpha value is -2.83. The van der Waals surface area contributed by atoms with Gasteiger partial charge in [-0.3, -0.25) is 4.79 Å². The first-order valence-electron chi connectivity index (χ1n) is 11.2. The van der Waals surface area contributed by atoms with Crippen LogP contribution in [0.2, 0.25) is 0 Å². The Morgan fingerprint density at radius 1 is 0.906 bits per heavy atom. The van der Waals surface area contributed by atoms with Gasteiger partial charge in [-0.25, -0.2) is 9.59 Å². The zero-order valence-electron chi connectivity index (χ0n) is 19.3. The van der Waals surface area contributed by atoms with E-state index in [1.807, 2.05) is 0 Å². The minimum absolute atomic E-state index is 0.0946. The second-order valence-electron chi connectivity index (χ2n) is 8.65. The fraction of sp³-hybridized carbons (Fsp3) is 0.560. The topological polar surface area (TPSA) is 88.1 Å². The minimum Gasteiger partial charge on any atom is -0.497 e. The molecule has 0 atom stereocenters. The summed E-state index contributed by atoms with van der Waals surface area (Å²) in [6.07, 6.45) is 9.39. The van der Waals surface area contributed by atoms with Gasteiger partial charge in [-0.15, -0.1) is 0 Å². The highest BCUT2D eigenvalue weighted by Crippen LogP contribution is 2.21. The fourth-order valence-corrected chi connectivity index (χ4v) is 3.30. The molecule has 0 radical (unpaired) electrons. The predicted octanol–water partition coefficient (Wildman–Crippen LogP) is 4.52. The molecule has 0 N–H and O–H groups in total. The molecule has 2 rings (SSSR count). The van der Waals surface area contributed by atoms with E-state index >= 15 is 0 Å². The van der Waals surface area contributed by atoms with Crippen LogP contribution in [0.3, 0.4) is 0 Å². The molecule has 0 bridgehead atoms. The predicted molar refractivity (Wildman–Crippen MR) is 119 cm³/mol. The average molecular weight is 447 g/mol. The van der Waals surface area contributed by atoms with Gasteiger partial charge in [0, 0.05) is 12.2 Å². The van der Waals surface area contributed by atoms with Crippen LogP contribution in [-0.4, -0.2) is 37.7 Å². The number of carbonyl (C=O) groups is 3. The van der Waals surface area contributed by atoms with Crippen LogP contribution in [0, 0.1) is 5.41 Å². The maximum atomic E-state index is 12.4. The number of carbonyl (C=O) groups excluding carboxylic acids is 3. The van der Waals surface area contributed by atoms with Crippen molar-refractivity contribution in [2.45, 2.75) is 71.5 Å². The summed E-state index contributed by atoms with van der Waals surface area (Å²) in [5.74, 6) is -1.04. The van der Waals surface area contributed by atoms with Gasteiger partial charge < -0.3 is 18.9 Å². The minimum atomic E-state index is -1.03. The zero-order valence-corrected chi connectivity index (χ0v) is 19.3. The molecule has 7 nitrogen and oxygen atoms in total. The number of benzene rings is 1. The lowest BCUT2D eigenvalue weighted by atomic mass is 9.95. The van der Waals surface area contributed by atoms with E-state index in [0.29, 0.717) is 5.75 Å². The van der Waals surface area contributed by atoms with Gasteiger partial charge in [-0.1, -0.05) is 31.4 Å². The second kappa shape index (κ2) is 12.9. The highest BCUT2D eigenvalue weighted by molar-refractivity contribution is 5.91. The third kappa shape index (κ3) is 9.12. The molecule has 1 aromatic carbocycles. The molecule has 0 amide bonds. The van der Waals surface area contributed by atoms with Crippen LogP contribution in [0.15, 0.2) is 36.4 Å². The quantitative estimate of drug-likeness (QED) is 0.313. The van der Waals surface area contributed by atoms with E-state index < -0.39 is 23.3 Å². The average Bonchev–Trinajstić information content (AvgIpc) is 2.76. The van der Waals surface area contributed by atoms with Crippen LogP contribution >= 0.6 is 0 Å². The molecular formula is C25H34O7. The Kier molecular flexibility index (Phi) is 10.2. The Bertz CT molecular complexity index is 772. The van der Waals surface area contributed by atoms with E-state index in [1.165, 1.54) is 6.42 Å². The van der Waals surface area contributed by atoms with Crippen molar-refractivity contribution in [2.24, 2.45) is 5.41 Å². The van der Waals surface area contributed by atoms with Crippen LogP contribution in [-0.2, 0) is 35.2 Å². The largest absolute Gasteiger partial charge is 0.497 e. The molecule has 0 aromatic heterocycles. The van der Waals surface area contributed by atoms with Gasteiger partial charge in [0.15, 0.2) is 0 Å². The molecule has 1 aliphatic rings. The Balaban J connectivity index is 1.73. The SMILES string of the molecule is COc1ccc(COC(=O)C(C)(C)COC(=O)/C=C/C(=O)OC2CCCCCCC2)cc1. The van der Waals surface area contributed by atoms with Crippen molar-refractivity contribution >= 4 is 17.9 Å². The number of rotatable bonds is 9. The first kappa shape index (κ1) is 25.4. The Morgan fingerprint density at radius 2 is 1.50 bits per heavy atom. The van der Waals surface area contributed by atoms with Crippen molar-refractivity contribution in [2.75, 3.05) is 13.7 Å². The summed E-state index contributed by atoms with van der Waals surface area (Å²) in [6.45, 7) is 3.19. The summed E-state index contributed by atoms with van der Waals surface area (Å²) >= 11 is 0. The van der Waals surface area contributed by atoms with Crippen molar-refractivity contribution in [3.8, 4) is 5.75 Å². The summed E-state index contributed by atoms with van der Waals surface area (Å²) in [4.78, 5) is 36.3. The second-order valence-corrected chi connectivity index (χ2v) is 8.65. The first-order valence-corrected chi connectivity index (χ1v) is 11.2. The lowest BCUT2D eigenvalue weighted by molar-refractivity contribution is -0.161. The van der Waals surface area contributed by atoms with Crippen molar-refractivity contribution in [1.82, 2.24) is 0 Å². The Morgan fingerprint density at radius 3 is 2.12 bits per heavy atom. The smallest absolute Gasteiger partial charge is 0.331 e. The third-order valence-corrected chi connectivity index (χ3v) is 5.35. The van der Waals surface area contributed by atoms with Gasteiger partial charge in [-0.2, -0.15) is 0 Å². The van der Waals surface area contributed by atoms with Crippen LogP contribution in [0.25, 0.3) is 0 Å². The molecule has 0 spiro atoms. The molecule has 7 heteroatoms. The van der Waals surface area contributed by atoms with E-state index in [2.05, 4.69) is 0 Å². The highest BCUT2D eigenvalue weighted by atomic mass is 16.6. The van der Waals surface area contributed by atoms with E-state index in [9.17, 15) is 14.4 Å². The number of ether oxygens (including phenoxy) is 4. The van der Waals surface area contributed by atoms with Crippen molar-refractivity contribution in [1.29, 1.82) is 0 Å². The van der Waals surface area contributed by atoms with E-state index in [4.69, 9.17) is 18.9 Å². The van der Waals surface area contributed by atoms with Crippen molar-refractivity contribution < 1.29 is 33.3 Å². The lowest BCUT2D eigenvalue weighted by Gasteiger charge is -2.22. The molecule has 0 heterocycles. The number of esters is 3. The van der Waals surface area contributed by atoms with Gasteiger partial charge in [0.2, 0.25) is 0 Å². The van der Waals surface area contributed by atoms with E-state index in [1.54, 1.807) is 45.2 Å². The van der Waals surface area contributed by atoms with Crippen LogP contribution < -0.4 is 4.74 Å².